The maximum atomic E-state index is 12.1. The van der Waals surface area contributed by atoms with Gasteiger partial charge >= 0.3 is 0 Å². The highest BCUT2D eigenvalue weighted by Gasteiger charge is 2.33. The highest BCUT2D eigenvalue weighted by molar-refractivity contribution is 7.16. The molecule has 1 aromatic heterocycles. The zero-order chi connectivity index (χ0) is 13.7. The lowest BCUT2D eigenvalue weighted by Gasteiger charge is -2.18. The Morgan fingerprint density at radius 1 is 1.53 bits per heavy atom. The summed E-state index contributed by atoms with van der Waals surface area (Å²) < 4.78 is 6.15. The van der Waals surface area contributed by atoms with E-state index in [2.05, 4.69) is 17.6 Å². The van der Waals surface area contributed by atoms with Crippen molar-refractivity contribution in [2.45, 2.75) is 25.9 Å². The third-order valence-corrected chi connectivity index (χ3v) is 4.37. The molecule has 0 radical (unpaired) electrons. The fourth-order valence-electron chi connectivity index (χ4n) is 2.10. The molecule has 1 aliphatic heterocycles. The van der Waals surface area contributed by atoms with Crippen molar-refractivity contribution in [3.05, 3.63) is 21.3 Å². The van der Waals surface area contributed by atoms with Crippen LogP contribution in [-0.4, -0.2) is 31.7 Å². The zero-order valence-electron chi connectivity index (χ0n) is 10.9. The average Bonchev–Trinajstić information content (AvgIpc) is 3.02. The van der Waals surface area contributed by atoms with E-state index < -0.39 is 0 Å². The summed E-state index contributed by atoms with van der Waals surface area (Å²) in [6.45, 7) is 4.67. The normalized spacial score (nSPS) is 22.6. The number of thiophene rings is 1. The van der Waals surface area contributed by atoms with Crippen molar-refractivity contribution in [1.29, 1.82) is 0 Å². The van der Waals surface area contributed by atoms with Crippen LogP contribution in [0.15, 0.2) is 12.1 Å². The number of carbonyl (C=O) groups is 1. The molecule has 2 atom stereocenters. The number of nitrogens with one attached hydrogen (secondary N) is 2. The second-order valence-corrected chi connectivity index (χ2v) is 6.43. The molecule has 2 heterocycles. The number of ether oxygens (including phenoxy) is 1. The van der Waals surface area contributed by atoms with E-state index in [9.17, 15) is 4.79 Å². The molecular weight excluding hydrogens is 284 g/mol. The van der Waals surface area contributed by atoms with Crippen molar-refractivity contribution in [2.75, 3.05) is 19.8 Å². The molecule has 1 aromatic rings. The summed E-state index contributed by atoms with van der Waals surface area (Å²) in [5.41, 5.74) is 0. The number of amides is 1. The fraction of sp³-hybridized carbons (Fsp3) is 0.615. The van der Waals surface area contributed by atoms with E-state index in [1.165, 1.54) is 11.3 Å². The highest BCUT2D eigenvalue weighted by Crippen LogP contribution is 2.21. The van der Waals surface area contributed by atoms with Crippen LogP contribution in [0.25, 0.3) is 0 Å². The van der Waals surface area contributed by atoms with Crippen molar-refractivity contribution in [2.24, 2.45) is 5.92 Å². The first kappa shape index (κ1) is 14.8. The highest BCUT2D eigenvalue weighted by atomic mass is 35.5. The van der Waals surface area contributed by atoms with Crippen LogP contribution in [0.2, 0.25) is 4.34 Å². The summed E-state index contributed by atoms with van der Waals surface area (Å²) >= 11 is 7.35. The Balaban J connectivity index is 1.81. The van der Waals surface area contributed by atoms with Gasteiger partial charge in [0.1, 0.15) is 0 Å². The van der Waals surface area contributed by atoms with Gasteiger partial charge in [-0.1, -0.05) is 18.5 Å². The van der Waals surface area contributed by atoms with E-state index in [1.54, 1.807) is 0 Å². The lowest BCUT2D eigenvalue weighted by atomic mass is 10.0. The molecule has 106 valence electrons. The molecule has 1 fully saturated rings. The van der Waals surface area contributed by atoms with Gasteiger partial charge in [0.05, 0.1) is 30.0 Å². The number of halogens is 1. The Morgan fingerprint density at radius 3 is 3.05 bits per heavy atom. The summed E-state index contributed by atoms with van der Waals surface area (Å²) in [4.78, 5) is 13.2. The lowest BCUT2D eigenvalue weighted by molar-refractivity contribution is -0.125. The molecule has 2 unspecified atom stereocenters. The monoisotopic (exact) mass is 302 g/mol. The van der Waals surface area contributed by atoms with E-state index >= 15 is 0 Å². The Labute approximate surface area is 122 Å². The SMILES string of the molecule is CCCNC1COCC1C(=O)NCc1ccc(Cl)s1. The Morgan fingerprint density at radius 2 is 2.37 bits per heavy atom. The third-order valence-electron chi connectivity index (χ3n) is 3.14. The van der Waals surface area contributed by atoms with Gasteiger partial charge in [-0.2, -0.15) is 0 Å². The topological polar surface area (TPSA) is 50.4 Å². The Kier molecular flexibility index (Phi) is 5.63. The largest absolute Gasteiger partial charge is 0.379 e. The maximum Gasteiger partial charge on any atom is 0.227 e. The van der Waals surface area contributed by atoms with Crippen LogP contribution in [0, 0.1) is 5.92 Å². The minimum atomic E-state index is -0.0954. The van der Waals surface area contributed by atoms with Gasteiger partial charge in [0.15, 0.2) is 0 Å². The second kappa shape index (κ2) is 7.24. The first-order valence-electron chi connectivity index (χ1n) is 6.53. The van der Waals surface area contributed by atoms with E-state index in [4.69, 9.17) is 16.3 Å². The number of hydrogen-bond donors (Lipinski definition) is 2. The summed E-state index contributed by atoms with van der Waals surface area (Å²) in [5.74, 6) is -0.0439. The van der Waals surface area contributed by atoms with Crippen LogP contribution < -0.4 is 10.6 Å². The summed E-state index contributed by atoms with van der Waals surface area (Å²) in [7, 11) is 0. The predicted octanol–water partition coefficient (Wildman–Crippen LogP) is 2.03. The summed E-state index contributed by atoms with van der Waals surface area (Å²) in [6.07, 6.45) is 1.05. The van der Waals surface area contributed by atoms with Crippen molar-refractivity contribution in [3.63, 3.8) is 0 Å². The standard InChI is InChI=1S/C13H19ClN2O2S/c1-2-5-15-11-8-18-7-10(11)13(17)16-6-9-3-4-12(14)19-9/h3-4,10-11,15H,2,5-8H2,1H3,(H,16,17). The van der Waals surface area contributed by atoms with Gasteiger partial charge in [0.25, 0.3) is 0 Å². The van der Waals surface area contributed by atoms with Crippen molar-refractivity contribution < 1.29 is 9.53 Å². The van der Waals surface area contributed by atoms with Crippen LogP contribution >= 0.6 is 22.9 Å². The lowest BCUT2D eigenvalue weighted by Crippen LogP contribution is -2.43. The minimum absolute atomic E-state index is 0.0515. The smallest absolute Gasteiger partial charge is 0.227 e. The van der Waals surface area contributed by atoms with Gasteiger partial charge in [-0.05, 0) is 25.1 Å². The van der Waals surface area contributed by atoms with E-state index in [1.807, 2.05) is 12.1 Å². The van der Waals surface area contributed by atoms with Crippen LogP contribution in [0.5, 0.6) is 0 Å². The van der Waals surface area contributed by atoms with Crippen molar-refractivity contribution in [1.82, 2.24) is 10.6 Å². The molecule has 2 rings (SSSR count). The third kappa shape index (κ3) is 4.18. The van der Waals surface area contributed by atoms with Crippen LogP contribution in [0.3, 0.4) is 0 Å². The molecule has 19 heavy (non-hydrogen) atoms. The molecule has 2 N–H and O–H groups in total. The second-order valence-electron chi connectivity index (χ2n) is 4.63. The molecule has 0 saturated carbocycles. The van der Waals surface area contributed by atoms with E-state index in [-0.39, 0.29) is 17.9 Å². The predicted molar refractivity (Wildman–Crippen MR) is 77.6 cm³/mol. The average molecular weight is 303 g/mol. The van der Waals surface area contributed by atoms with Crippen LogP contribution in [0.4, 0.5) is 0 Å². The molecule has 1 saturated heterocycles. The fourth-order valence-corrected chi connectivity index (χ4v) is 3.12. The van der Waals surface area contributed by atoms with Gasteiger partial charge in [-0.25, -0.2) is 0 Å². The quantitative estimate of drug-likeness (QED) is 0.845. The molecule has 1 amide bonds. The van der Waals surface area contributed by atoms with Gasteiger partial charge in [-0.15, -0.1) is 11.3 Å². The molecule has 0 spiro atoms. The number of rotatable bonds is 6. The van der Waals surface area contributed by atoms with Gasteiger partial charge < -0.3 is 15.4 Å². The maximum absolute atomic E-state index is 12.1. The molecule has 0 bridgehead atoms. The minimum Gasteiger partial charge on any atom is -0.379 e. The number of carbonyl (C=O) groups excluding carboxylic acids is 1. The molecule has 0 aliphatic carbocycles. The summed E-state index contributed by atoms with van der Waals surface area (Å²) in [6, 6.07) is 3.91. The molecule has 6 heteroatoms. The first-order chi connectivity index (χ1) is 9.20. The van der Waals surface area contributed by atoms with E-state index in [0.717, 1.165) is 22.2 Å². The Hall–Kier alpha value is -0.620. The van der Waals surface area contributed by atoms with Gasteiger partial charge in [0.2, 0.25) is 5.91 Å². The first-order valence-corrected chi connectivity index (χ1v) is 7.73. The van der Waals surface area contributed by atoms with Crippen LogP contribution in [-0.2, 0) is 16.1 Å². The molecule has 0 aromatic carbocycles. The molecule has 4 nitrogen and oxygen atoms in total. The van der Waals surface area contributed by atoms with E-state index in [0.29, 0.717) is 19.8 Å². The summed E-state index contributed by atoms with van der Waals surface area (Å²) in [5, 5.41) is 6.31. The number of hydrogen-bond acceptors (Lipinski definition) is 4. The van der Waals surface area contributed by atoms with Crippen LogP contribution in [0.1, 0.15) is 18.2 Å². The van der Waals surface area contributed by atoms with Gasteiger partial charge in [0, 0.05) is 10.9 Å². The van der Waals surface area contributed by atoms with Crippen molar-refractivity contribution >= 4 is 28.8 Å². The molecule has 1 aliphatic rings. The van der Waals surface area contributed by atoms with Crippen molar-refractivity contribution in [3.8, 4) is 0 Å². The Bertz CT molecular complexity index is 425. The van der Waals surface area contributed by atoms with Gasteiger partial charge in [-0.3, -0.25) is 4.79 Å². The molecular formula is C13H19ClN2O2S. The zero-order valence-corrected chi connectivity index (χ0v) is 12.5.